The van der Waals surface area contributed by atoms with Gasteiger partial charge in [-0.15, -0.1) is 0 Å². The first kappa shape index (κ1) is 30.4. The summed E-state index contributed by atoms with van der Waals surface area (Å²) in [6.45, 7) is 0. The Morgan fingerprint density at radius 1 is 0.400 bits per heavy atom. The van der Waals surface area contributed by atoms with E-state index in [9.17, 15) is 0 Å². The molecule has 12 rings (SSSR count). The molecule has 0 saturated carbocycles. The molecule has 11 aromatic rings. The van der Waals surface area contributed by atoms with Gasteiger partial charge in [0.25, 0.3) is 0 Å². The van der Waals surface area contributed by atoms with Crippen LogP contribution in [-0.2, 0) is 0 Å². The molecule has 0 unspecified atom stereocenters. The van der Waals surface area contributed by atoms with Gasteiger partial charge in [0.2, 0.25) is 0 Å². The summed E-state index contributed by atoms with van der Waals surface area (Å²) in [7, 11) is 0. The molecule has 0 spiro atoms. The monoisotopic (exact) mass is 719 g/mol. The molecule has 4 heterocycles. The Morgan fingerprint density at radius 3 is 1.98 bits per heavy atom. The van der Waals surface area contributed by atoms with Gasteiger partial charge in [-0.05, 0) is 52.6 Å². The van der Waals surface area contributed by atoms with Crippen molar-refractivity contribution in [2.75, 3.05) is 0 Å². The Morgan fingerprint density at radius 2 is 1.05 bits per heavy atom. The molecule has 0 bridgehead atoms. The number of benzene rings is 8. The van der Waals surface area contributed by atoms with Crippen LogP contribution in [-0.4, -0.2) is 24.1 Å². The van der Waals surface area contributed by atoms with Crippen molar-refractivity contribution >= 4 is 66.1 Å². The van der Waals surface area contributed by atoms with E-state index in [1.54, 1.807) is 0 Å². The van der Waals surface area contributed by atoms with Gasteiger partial charge in [0.15, 0.2) is 17.5 Å². The first-order chi connectivity index (χ1) is 27.3. The van der Waals surface area contributed by atoms with Crippen LogP contribution >= 0.6 is 11.8 Å². The van der Waals surface area contributed by atoms with Crippen molar-refractivity contribution in [1.29, 1.82) is 0 Å². The zero-order valence-corrected chi connectivity index (χ0v) is 30.2. The highest BCUT2D eigenvalue weighted by molar-refractivity contribution is 7.99. The molecule has 0 atom stereocenters. The number of nitrogens with zero attached hydrogens (tertiary/aromatic N) is 5. The molecule has 5 nitrogen and oxygen atoms in total. The number of hydrogen-bond acceptors (Lipinski definition) is 4. The minimum atomic E-state index is 0.640. The van der Waals surface area contributed by atoms with Gasteiger partial charge in [0.1, 0.15) is 5.65 Å². The summed E-state index contributed by atoms with van der Waals surface area (Å²) in [6, 6.07) is 62.4. The SMILES string of the molecule is c1ccc(-c2nc(-c3ccc4ccccc4c3)nc(-c3cccc4c(-n5c6ccccc6c6c7cccc8c7n(c65)-c5ccccc5S8)cccc34)n2)cc1. The zero-order chi connectivity index (χ0) is 36.0. The van der Waals surface area contributed by atoms with Gasteiger partial charge in [-0.2, -0.15) is 0 Å². The van der Waals surface area contributed by atoms with Crippen LogP contribution in [0.5, 0.6) is 0 Å². The summed E-state index contributed by atoms with van der Waals surface area (Å²) in [5, 5.41) is 8.30. The van der Waals surface area contributed by atoms with Gasteiger partial charge in [0.05, 0.1) is 22.4 Å². The minimum Gasteiger partial charge on any atom is -0.294 e. The van der Waals surface area contributed by atoms with E-state index in [4.69, 9.17) is 15.0 Å². The largest absolute Gasteiger partial charge is 0.294 e. The van der Waals surface area contributed by atoms with Crippen LogP contribution < -0.4 is 0 Å². The second kappa shape index (κ2) is 11.7. The predicted octanol–water partition coefficient (Wildman–Crippen LogP) is 12.7. The molecule has 55 heavy (non-hydrogen) atoms. The van der Waals surface area contributed by atoms with Crippen molar-refractivity contribution in [3.05, 3.63) is 176 Å². The smallest absolute Gasteiger partial charge is 0.164 e. The van der Waals surface area contributed by atoms with Gasteiger partial charge in [-0.3, -0.25) is 9.13 Å². The first-order valence-corrected chi connectivity index (χ1v) is 19.3. The zero-order valence-electron chi connectivity index (χ0n) is 29.4. The number of para-hydroxylation sites is 3. The molecule has 0 radical (unpaired) electrons. The first-order valence-electron chi connectivity index (χ1n) is 18.5. The average molecular weight is 720 g/mol. The van der Waals surface area contributed by atoms with Crippen molar-refractivity contribution < 1.29 is 0 Å². The van der Waals surface area contributed by atoms with E-state index in [2.05, 4.69) is 167 Å². The standard InChI is InChI=1S/C49H29N5S/c1-2-14-31(15-3-1)46-50-47(33-28-27-30-13-4-5-16-32(30)29-33)52-48(51-46)36-20-10-19-35-34(36)18-11-24-39(35)53-40-22-7-6-17-37(40)44-38-21-12-26-43-45(38)54(49(44)53)41-23-8-9-25-42(41)55-43/h1-29H. The normalized spacial score (nSPS) is 12.3. The van der Waals surface area contributed by atoms with E-state index in [0.29, 0.717) is 17.5 Å². The van der Waals surface area contributed by atoms with Gasteiger partial charge in [-0.25, -0.2) is 15.0 Å². The minimum absolute atomic E-state index is 0.640. The molecule has 3 aromatic heterocycles. The molecule has 6 heteroatoms. The van der Waals surface area contributed by atoms with Gasteiger partial charge < -0.3 is 0 Å². The van der Waals surface area contributed by atoms with Crippen molar-refractivity contribution in [2.24, 2.45) is 0 Å². The lowest BCUT2D eigenvalue weighted by atomic mass is 10.0. The van der Waals surface area contributed by atoms with Crippen LogP contribution in [0.1, 0.15) is 0 Å². The molecule has 1 aliphatic rings. The fraction of sp³-hybridized carbons (Fsp3) is 0. The van der Waals surface area contributed by atoms with Crippen molar-refractivity contribution in [3.63, 3.8) is 0 Å². The molecule has 0 fully saturated rings. The summed E-state index contributed by atoms with van der Waals surface area (Å²) in [5.74, 6) is 1.93. The van der Waals surface area contributed by atoms with Crippen molar-refractivity contribution in [3.8, 4) is 45.5 Å². The Balaban J connectivity index is 1.14. The lowest BCUT2D eigenvalue weighted by Gasteiger charge is -2.21. The van der Waals surface area contributed by atoms with Gasteiger partial charge in [-0.1, -0.05) is 151 Å². The third-order valence-corrected chi connectivity index (χ3v) is 12.0. The van der Waals surface area contributed by atoms with Crippen LogP contribution in [0.25, 0.3) is 99.9 Å². The Hall–Kier alpha value is -7.02. The summed E-state index contributed by atoms with van der Waals surface area (Å²) in [4.78, 5) is 18.0. The maximum absolute atomic E-state index is 5.21. The molecule has 0 aliphatic carbocycles. The molecular weight excluding hydrogens is 691 g/mol. The Kier molecular flexibility index (Phi) is 6.50. The van der Waals surface area contributed by atoms with E-state index >= 15 is 0 Å². The Bertz CT molecular complexity index is 3360. The lowest BCUT2D eigenvalue weighted by molar-refractivity contribution is 1.03. The molecule has 0 amide bonds. The van der Waals surface area contributed by atoms with E-state index < -0.39 is 0 Å². The fourth-order valence-corrected chi connectivity index (χ4v) is 9.62. The van der Waals surface area contributed by atoms with Crippen molar-refractivity contribution in [1.82, 2.24) is 24.1 Å². The highest BCUT2D eigenvalue weighted by Crippen LogP contribution is 2.50. The van der Waals surface area contributed by atoms with E-state index in [-0.39, 0.29) is 0 Å². The van der Waals surface area contributed by atoms with Crippen LogP contribution in [0.2, 0.25) is 0 Å². The van der Waals surface area contributed by atoms with Crippen LogP contribution in [0.4, 0.5) is 0 Å². The fourth-order valence-electron chi connectivity index (χ4n) is 8.53. The summed E-state index contributed by atoms with van der Waals surface area (Å²) in [5.41, 5.74) is 8.76. The number of fused-ring (bicyclic) bond motifs is 9. The average Bonchev–Trinajstić information content (AvgIpc) is 3.77. The maximum atomic E-state index is 5.21. The van der Waals surface area contributed by atoms with E-state index in [0.717, 1.165) is 38.5 Å². The van der Waals surface area contributed by atoms with Crippen LogP contribution in [0.15, 0.2) is 186 Å². The lowest BCUT2D eigenvalue weighted by Crippen LogP contribution is -2.06. The molecule has 8 aromatic carbocycles. The predicted molar refractivity (Wildman–Crippen MR) is 226 cm³/mol. The second-order valence-electron chi connectivity index (χ2n) is 14.0. The molecule has 0 N–H and O–H groups in total. The van der Waals surface area contributed by atoms with E-state index in [1.165, 1.54) is 53.7 Å². The molecular formula is C49H29N5S. The highest BCUT2D eigenvalue weighted by atomic mass is 32.2. The summed E-state index contributed by atoms with van der Waals surface area (Å²) < 4.78 is 4.96. The topological polar surface area (TPSA) is 48.5 Å². The second-order valence-corrected chi connectivity index (χ2v) is 15.1. The number of rotatable bonds is 4. The van der Waals surface area contributed by atoms with Gasteiger partial charge in [0, 0.05) is 48.0 Å². The number of aromatic nitrogens is 5. The van der Waals surface area contributed by atoms with Crippen LogP contribution in [0.3, 0.4) is 0 Å². The maximum Gasteiger partial charge on any atom is 0.164 e. The van der Waals surface area contributed by atoms with Crippen LogP contribution in [0, 0.1) is 0 Å². The van der Waals surface area contributed by atoms with E-state index in [1.807, 2.05) is 30.0 Å². The van der Waals surface area contributed by atoms with Gasteiger partial charge >= 0.3 is 0 Å². The summed E-state index contributed by atoms with van der Waals surface area (Å²) >= 11 is 1.85. The third-order valence-electron chi connectivity index (χ3n) is 10.9. The highest BCUT2D eigenvalue weighted by Gasteiger charge is 2.28. The number of hydrogen-bond donors (Lipinski definition) is 0. The Labute approximate surface area is 320 Å². The molecule has 0 saturated heterocycles. The third kappa shape index (κ3) is 4.52. The molecule has 256 valence electrons. The quantitative estimate of drug-likeness (QED) is 0.182. The summed E-state index contributed by atoms with van der Waals surface area (Å²) in [6.07, 6.45) is 0. The molecule has 1 aliphatic heterocycles. The van der Waals surface area contributed by atoms with Crippen molar-refractivity contribution in [2.45, 2.75) is 9.79 Å².